The second-order valence-corrected chi connectivity index (χ2v) is 9.73. The van der Waals surface area contributed by atoms with Crippen LogP contribution in [0.25, 0.3) is 0 Å². The van der Waals surface area contributed by atoms with Crippen molar-refractivity contribution < 1.29 is 0 Å². The van der Waals surface area contributed by atoms with E-state index < -0.39 is 0 Å². The summed E-state index contributed by atoms with van der Waals surface area (Å²) in [6.07, 6.45) is 0. The van der Waals surface area contributed by atoms with Crippen LogP contribution in [0, 0.1) is 0 Å². The Balaban J connectivity index is 0.00000364. The summed E-state index contributed by atoms with van der Waals surface area (Å²) >= 11 is 24.6. The third-order valence-electron chi connectivity index (χ3n) is 3.53. The first kappa shape index (κ1) is 25.5. The Labute approximate surface area is 195 Å². The van der Waals surface area contributed by atoms with Crippen LogP contribution in [0.2, 0.25) is 20.1 Å². The molecule has 2 N–H and O–H groups in total. The molecule has 2 nitrogen and oxygen atoms in total. The summed E-state index contributed by atoms with van der Waals surface area (Å²) < 4.78 is 0. The minimum Gasteiger partial charge on any atom is -0.312 e. The van der Waals surface area contributed by atoms with E-state index in [2.05, 4.69) is 10.6 Å². The van der Waals surface area contributed by atoms with Crippen molar-refractivity contribution in [3.8, 4) is 0 Å². The van der Waals surface area contributed by atoms with E-state index in [1.165, 1.54) is 0 Å². The molecule has 0 amide bonds. The molecule has 0 spiro atoms. The zero-order valence-electron chi connectivity index (χ0n) is 14.4. The molecule has 0 bridgehead atoms. The number of hydrogen-bond donors (Lipinski definition) is 2. The van der Waals surface area contributed by atoms with E-state index in [1.54, 1.807) is 0 Å². The Hall–Kier alpha value is 0.510. The quantitative estimate of drug-likeness (QED) is 0.254. The van der Waals surface area contributed by atoms with Crippen LogP contribution in [0.5, 0.6) is 0 Å². The second kappa shape index (κ2) is 14.5. The molecular formula is C18H21Cl5N2S2. The van der Waals surface area contributed by atoms with Crippen molar-refractivity contribution in [3.05, 3.63) is 67.6 Å². The molecule has 2 aromatic carbocycles. The Morgan fingerprint density at radius 2 is 0.963 bits per heavy atom. The van der Waals surface area contributed by atoms with Crippen LogP contribution in [0.15, 0.2) is 36.4 Å². The molecule has 0 saturated heterocycles. The van der Waals surface area contributed by atoms with Gasteiger partial charge in [0, 0.05) is 68.9 Å². The van der Waals surface area contributed by atoms with Gasteiger partial charge in [0.05, 0.1) is 0 Å². The molecule has 0 aromatic heterocycles. The van der Waals surface area contributed by atoms with Gasteiger partial charge in [0.1, 0.15) is 0 Å². The second-order valence-electron chi connectivity index (χ2n) is 5.40. The average molecular weight is 507 g/mol. The maximum atomic E-state index is 6.15. The van der Waals surface area contributed by atoms with Crippen molar-refractivity contribution >= 4 is 80.4 Å². The van der Waals surface area contributed by atoms with Crippen LogP contribution in [-0.2, 0) is 13.1 Å². The zero-order valence-corrected chi connectivity index (χ0v) is 19.9. The molecule has 9 heteroatoms. The maximum absolute atomic E-state index is 6.15. The fraction of sp³-hybridized carbons (Fsp3) is 0.333. The van der Waals surface area contributed by atoms with Gasteiger partial charge in [-0.15, -0.1) is 12.4 Å². The molecular weight excluding hydrogens is 486 g/mol. The van der Waals surface area contributed by atoms with Gasteiger partial charge in [0.2, 0.25) is 0 Å². The Morgan fingerprint density at radius 3 is 1.30 bits per heavy atom. The molecule has 27 heavy (non-hydrogen) atoms. The van der Waals surface area contributed by atoms with Crippen LogP contribution in [0.1, 0.15) is 11.1 Å². The topological polar surface area (TPSA) is 24.1 Å². The summed E-state index contributed by atoms with van der Waals surface area (Å²) in [6, 6.07) is 11.1. The van der Waals surface area contributed by atoms with E-state index in [-0.39, 0.29) is 12.4 Å². The van der Waals surface area contributed by atoms with Gasteiger partial charge < -0.3 is 10.6 Å². The molecule has 0 aliphatic heterocycles. The number of benzene rings is 2. The van der Waals surface area contributed by atoms with Crippen LogP contribution in [-0.4, -0.2) is 24.6 Å². The molecule has 0 heterocycles. The fourth-order valence-corrected chi connectivity index (χ4v) is 5.14. The number of hydrogen-bond acceptors (Lipinski definition) is 4. The molecule has 0 atom stereocenters. The summed E-state index contributed by atoms with van der Waals surface area (Å²) in [5, 5.41) is 9.56. The lowest BCUT2D eigenvalue weighted by Gasteiger charge is -2.09. The minimum atomic E-state index is 0. The summed E-state index contributed by atoms with van der Waals surface area (Å²) in [5.74, 6) is 2.03. The smallest absolute Gasteiger partial charge is 0.0465 e. The van der Waals surface area contributed by atoms with Gasteiger partial charge in [-0.2, -0.15) is 0 Å². The van der Waals surface area contributed by atoms with Crippen LogP contribution in [0.4, 0.5) is 0 Å². The SMILES string of the molecule is Cl.Clc1cccc(Cl)c1CNCCSSCCNCc1c(Cl)cccc1Cl. The highest BCUT2D eigenvalue weighted by Crippen LogP contribution is 2.25. The molecule has 150 valence electrons. The summed E-state index contributed by atoms with van der Waals surface area (Å²) in [5.41, 5.74) is 1.91. The van der Waals surface area contributed by atoms with E-state index in [4.69, 9.17) is 46.4 Å². The van der Waals surface area contributed by atoms with E-state index >= 15 is 0 Å². The normalized spacial score (nSPS) is 10.7. The monoisotopic (exact) mass is 504 g/mol. The van der Waals surface area contributed by atoms with Crippen LogP contribution < -0.4 is 10.6 Å². The van der Waals surface area contributed by atoms with Crippen LogP contribution in [0.3, 0.4) is 0 Å². The van der Waals surface area contributed by atoms with Gasteiger partial charge >= 0.3 is 0 Å². The van der Waals surface area contributed by atoms with Gasteiger partial charge in [-0.25, -0.2) is 0 Å². The molecule has 0 aliphatic carbocycles. The zero-order chi connectivity index (χ0) is 18.8. The van der Waals surface area contributed by atoms with Gasteiger partial charge in [-0.05, 0) is 24.3 Å². The summed E-state index contributed by atoms with van der Waals surface area (Å²) in [6.45, 7) is 3.18. The van der Waals surface area contributed by atoms with E-state index in [9.17, 15) is 0 Å². The average Bonchev–Trinajstić information content (AvgIpc) is 2.61. The Kier molecular flexibility index (Phi) is 13.7. The van der Waals surface area contributed by atoms with Gasteiger partial charge in [0.15, 0.2) is 0 Å². The summed E-state index contributed by atoms with van der Waals surface area (Å²) in [7, 11) is 3.69. The molecule has 0 saturated carbocycles. The molecule has 2 aromatic rings. The highest BCUT2D eigenvalue weighted by Gasteiger charge is 2.05. The highest BCUT2D eigenvalue weighted by atomic mass is 35.5. The van der Waals surface area contributed by atoms with Gasteiger partial charge in [-0.1, -0.05) is 80.1 Å². The Morgan fingerprint density at radius 1 is 0.630 bits per heavy atom. The molecule has 0 aliphatic rings. The van der Waals surface area contributed by atoms with Crippen molar-refractivity contribution in [1.29, 1.82) is 0 Å². The Bertz CT molecular complexity index is 603. The molecule has 0 radical (unpaired) electrons. The van der Waals surface area contributed by atoms with Gasteiger partial charge in [-0.3, -0.25) is 0 Å². The van der Waals surface area contributed by atoms with E-state index in [0.717, 1.165) is 35.7 Å². The fourth-order valence-electron chi connectivity index (χ4n) is 2.17. The highest BCUT2D eigenvalue weighted by molar-refractivity contribution is 8.76. The first-order valence-corrected chi connectivity index (χ1v) is 12.1. The largest absolute Gasteiger partial charge is 0.312 e. The molecule has 2 rings (SSSR count). The van der Waals surface area contributed by atoms with Crippen molar-refractivity contribution in [1.82, 2.24) is 10.6 Å². The number of halogens is 5. The van der Waals surface area contributed by atoms with Gasteiger partial charge in [0.25, 0.3) is 0 Å². The number of rotatable bonds is 11. The van der Waals surface area contributed by atoms with Crippen LogP contribution >= 0.6 is 80.4 Å². The molecule has 0 unspecified atom stereocenters. The lowest BCUT2D eigenvalue weighted by molar-refractivity contribution is 0.732. The standard InChI is InChI=1S/C18H20Cl4N2S2.ClH/c19-15-3-1-4-16(20)13(15)11-23-7-9-25-26-10-8-24-12-14-17(21)5-2-6-18(14)22;/h1-6,23-24H,7-12H2;1H. The minimum absolute atomic E-state index is 0. The van der Waals surface area contributed by atoms with E-state index in [0.29, 0.717) is 33.2 Å². The lowest BCUT2D eigenvalue weighted by Crippen LogP contribution is -2.18. The third kappa shape index (κ3) is 9.24. The van der Waals surface area contributed by atoms with Crippen molar-refractivity contribution in [2.24, 2.45) is 0 Å². The first-order chi connectivity index (χ1) is 12.6. The van der Waals surface area contributed by atoms with Crippen molar-refractivity contribution in [2.45, 2.75) is 13.1 Å². The van der Waals surface area contributed by atoms with Crippen molar-refractivity contribution in [3.63, 3.8) is 0 Å². The third-order valence-corrected chi connectivity index (χ3v) is 7.36. The predicted molar refractivity (Wildman–Crippen MR) is 129 cm³/mol. The molecule has 0 fully saturated rings. The number of nitrogens with one attached hydrogen (secondary N) is 2. The summed E-state index contributed by atoms with van der Waals surface area (Å²) in [4.78, 5) is 0. The lowest BCUT2D eigenvalue weighted by atomic mass is 10.2. The first-order valence-electron chi connectivity index (χ1n) is 8.11. The van der Waals surface area contributed by atoms with Crippen molar-refractivity contribution in [2.75, 3.05) is 24.6 Å². The van der Waals surface area contributed by atoms with E-state index in [1.807, 2.05) is 58.0 Å². The predicted octanol–water partition coefficient (Wildman–Crippen LogP) is 6.98. The maximum Gasteiger partial charge on any atom is 0.0465 e.